The van der Waals surface area contributed by atoms with Crippen LogP contribution in [0.2, 0.25) is 0 Å². The van der Waals surface area contributed by atoms with Crippen molar-refractivity contribution < 1.29 is 23.9 Å². The van der Waals surface area contributed by atoms with Gasteiger partial charge in [0.25, 0.3) is 0 Å². The average Bonchev–Trinajstić information content (AvgIpc) is 3.02. The van der Waals surface area contributed by atoms with Crippen molar-refractivity contribution in [1.29, 1.82) is 0 Å². The highest BCUT2D eigenvalue weighted by atomic mass is 79.9. The Morgan fingerprint density at radius 2 is 1.42 bits per heavy atom. The first-order chi connectivity index (χ1) is 14.9. The molecular weight excluding hydrogens is 530 g/mol. The molecule has 1 aliphatic carbocycles. The summed E-state index contributed by atoms with van der Waals surface area (Å²) < 4.78 is 5.22. The molecule has 31 heavy (non-hydrogen) atoms. The molecule has 0 N–H and O–H groups in total. The number of alkyl halides is 2. The third kappa shape index (κ3) is 4.23. The molecular formula is C23H19Br2NO5. The van der Waals surface area contributed by atoms with E-state index >= 15 is 0 Å². The normalized spacial score (nSPS) is 25.3. The SMILES string of the molecule is O=C(COC(=O)c1ccccc1N1C(=O)[C@@H]2C[C@H](Br)[C@@H](Br)C[C@H]2C1=O)c1ccccc1. The number of hydrogen-bond acceptors (Lipinski definition) is 5. The van der Waals surface area contributed by atoms with Gasteiger partial charge in [-0.3, -0.25) is 14.4 Å². The van der Waals surface area contributed by atoms with Crippen LogP contribution in [0, 0.1) is 11.8 Å². The average molecular weight is 549 g/mol. The number of esters is 1. The summed E-state index contributed by atoms with van der Waals surface area (Å²) in [4.78, 5) is 52.5. The molecule has 0 radical (unpaired) electrons. The lowest BCUT2D eigenvalue weighted by molar-refractivity contribution is -0.122. The van der Waals surface area contributed by atoms with Gasteiger partial charge in [-0.05, 0) is 25.0 Å². The van der Waals surface area contributed by atoms with Gasteiger partial charge in [0.05, 0.1) is 23.1 Å². The summed E-state index contributed by atoms with van der Waals surface area (Å²) in [5.74, 6) is -2.55. The smallest absolute Gasteiger partial charge is 0.340 e. The highest BCUT2D eigenvalue weighted by Gasteiger charge is 2.52. The maximum Gasteiger partial charge on any atom is 0.340 e. The van der Waals surface area contributed by atoms with Crippen molar-refractivity contribution in [1.82, 2.24) is 0 Å². The Morgan fingerprint density at radius 3 is 2.03 bits per heavy atom. The van der Waals surface area contributed by atoms with E-state index < -0.39 is 24.4 Å². The fraction of sp³-hybridized carbons (Fsp3) is 0.304. The number of anilines is 1. The molecule has 0 bridgehead atoms. The lowest BCUT2D eigenvalue weighted by Gasteiger charge is -2.29. The number of Topliss-reactive ketones (excluding diaryl/α,β-unsaturated/α-hetero) is 1. The lowest BCUT2D eigenvalue weighted by Crippen LogP contribution is -2.34. The molecule has 0 unspecified atom stereocenters. The van der Waals surface area contributed by atoms with E-state index in [-0.39, 0.29) is 38.5 Å². The third-order valence-electron chi connectivity index (χ3n) is 5.71. The van der Waals surface area contributed by atoms with Gasteiger partial charge in [0, 0.05) is 15.2 Å². The summed E-state index contributed by atoms with van der Waals surface area (Å²) in [7, 11) is 0. The first-order valence-corrected chi connectivity index (χ1v) is 11.7. The number of carbonyl (C=O) groups is 4. The summed E-state index contributed by atoms with van der Waals surface area (Å²) in [5.41, 5.74) is 0.710. The maximum absolute atomic E-state index is 13.1. The first kappa shape index (κ1) is 21.9. The predicted molar refractivity (Wildman–Crippen MR) is 122 cm³/mol. The molecule has 8 heteroatoms. The molecule has 4 rings (SSSR count). The van der Waals surface area contributed by atoms with Crippen molar-refractivity contribution in [3.63, 3.8) is 0 Å². The molecule has 1 saturated carbocycles. The summed E-state index contributed by atoms with van der Waals surface area (Å²) >= 11 is 7.14. The molecule has 0 spiro atoms. The number of amides is 2. The highest BCUT2D eigenvalue weighted by molar-refractivity contribution is 9.12. The van der Waals surface area contributed by atoms with Crippen LogP contribution in [-0.2, 0) is 14.3 Å². The van der Waals surface area contributed by atoms with Gasteiger partial charge in [0.1, 0.15) is 0 Å². The summed E-state index contributed by atoms with van der Waals surface area (Å²) in [6, 6.07) is 14.9. The van der Waals surface area contributed by atoms with Gasteiger partial charge in [0.15, 0.2) is 12.4 Å². The van der Waals surface area contributed by atoms with E-state index in [9.17, 15) is 19.2 Å². The molecule has 160 valence electrons. The predicted octanol–water partition coefficient (Wildman–Crippen LogP) is 4.15. The number of rotatable bonds is 5. The molecule has 1 heterocycles. The van der Waals surface area contributed by atoms with E-state index in [4.69, 9.17) is 4.74 Å². The molecule has 1 aliphatic heterocycles. The minimum absolute atomic E-state index is 0.0782. The van der Waals surface area contributed by atoms with Crippen LogP contribution in [0.1, 0.15) is 33.6 Å². The van der Waals surface area contributed by atoms with E-state index in [0.717, 1.165) is 4.90 Å². The van der Waals surface area contributed by atoms with Gasteiger partial charge in [-0.25, -0.2) is 9.69 Å². The van der Waals surface area contributed by atoms with E-state index in [1.54, 1.807) is 48.5 Å². The van der Waals surface area contributed by atoms with Crippen LogP contribution < -0.4 is 4.90 Å². The molecule has 2 aromatic rings. The van der Waals surface area contributed by atoms with Gasteiger partial charge in [-0.1, -0.05) is 74.3 Å². The number of imide groups is 1. The molecule has 2 fully saturated rings. The third-order valence-corrected chi connectivity index (χ3v) is 8.44. The molecule has 2 amide bonds. The molecule has 2 aromatic carbocycles. The Kier molecular flexibility index (Phi) is 6.39. The molecule has 0 aromatic heterocycles. The zero-order chi connectivity index (χ0) is 22.1. The summed E-state index contributed by atoms with van der Waals surface area (Å²) in [6.07, 6.45) is 1.08. The summed E-state index contributed by atoms with van der Waals surface area (Å²) in [5, 5.41) is 0. The number of nitrogens with zero attached hydrogens (tertiary/aromatic N) is 1. The highest BCUT2D eigenvalue weighted by Crippen LogP contribution is 2.44. The van der Waals surface area contributed by atoms with Crippen LogP contribution in [0.5, 0.6) is 0 Å². The van der Waals surface area contributed by atoms with Gasteiger partial charge < -0.3 is 4.74 Å². The van der Waals surface area contributed by atoms with Gasteiger partial charge in [0.2, 0.25) is 11.8 Å². The number of hydrogen-bond donors (Lipinski definition) is 0. The number of benzene rings is 2. The standard InChI is InChI=1S/C23H19Br2NO5/c24-17-10-15-16(11-18(17)25)22(29)26(21(15)28)19-9-5-4-8-14(19)23(30)31-12-20(27)13-6-2-1-3-7-13/h1-9,15-18H,10-12H2/t15-,16-,17+,18+/m1/s1. The van der Waals surface area contributed by atoms with Crippen LogP contribution in [0.25, 0.3) is 0 Å². The van der Waals surface area contributed by atoms with E-state index in [2.05, 4.69) is 31.9 Å². The number of halogens is 2. The van der Waals surface area contributed by atoms with Crippen LogP contribution in [0.15, 0.2) is 54.6 Å². The topological polar surface area (TPSA) is 80.8 Å². The monoisotopic (exact) mass is 547 g/mol. The van der Waals surface area contributed by atoms with Crippen molar-refractivity contribution in [2.45, 2.75) is 22.5 Å². The van der Waals surface area contributed by atoms with Crippen LogP contribution in [0.4, 0.5) is 5.69 Å². The molecule has 1 saturated heterocycles. The van der Waals surface area contributed by atoms with Crippen molar-refractivity contribution in [2.75, 3.05) is 11.5 Å². The van der Waals surface area contributed by atoms with Crippen molar-refractivity contribution in [2.24, 2.45) is 11.8 Å². The second kappa shape index (κ2) is 9.04. The van der Waals surface area contributed by atoms with E-state index in [1.165, 1.54) is 6.07 Å². The van der Waals surface area contributed by atoms with Crippen molar-refractivity contribution in [3.8, 4) is 0 Å². The second-order valence-corrected chi connectivity index (χ2v) is 9.96. The molecule has 2 aliphatic rings. The zero-order valence-electron chi connectivity index (χ0n) is 16.4. The van der Waals surface area contributed by atoms with Gasteiger partial charge in [-0.15, -0.1) is 0 Å². The fourth-order valence-corrected chi connectivity index (χ4v) is 5.33. The van der Waals surface area contributed by atoms with Crippen LogP contribution >= 0.6 is 31.9 Å². The Hall–Kier alpha value is -2.32. The number of ketones is 1. The quantitative estimate of drug-likeness (QED) is 0.243. The van der Waals surface area contributed by atoms with Gasteiger partial charge in [-0.2, -0.15) is 0 Å². The molecule has 4 atom stereocenters. The van der Waals surface area contributed by atoms with Crippen molar-refractivity contribution in [3.05, 3.63) is 65.7 Å². The summed E-state index contributed by atoms with van der Waals surface area (Å²) in [6.45, 7) is -0.430. The number of carbonyl (C=O) groups excluding carboxylic acids is 4. The van der Waals surface area contributed by atoms with Crippen molar-refractivity contribution >= 4 is 61.1 Å². The Bertz CT molecular complexity index is 1010. The van der Waals surface area contributed by atoms with E-state index in [0.29, 0.717) is 18.4 Å². The Labute approximate surface area is 196 Å². The zero-order valence-corrected chi connectivity index (χ0v) is 19.5. The van der Waals surface area contributed by atoms with E-state index in [1.807, 2.05) is 0 Å². The maximum atomic E-state index is 13.1. The Morgan fingerprint density at radius 1 is 0.871 bits per heavy atom. The number of para-hydroxylation sites is 1. The van der Waals surface area contributed by atoms with Crippen LogP contribution in [0.3, 0.4) is 0 Å². The largest absolute Gasteiger partial charge is 0.454 e. The molecule has 6 nitrogen and oxygen atoms in total. The minimum Gasteiger partial charge on any atom is -0.454 e. The second-order valence-electron chi connectivity index (χ2n) is 7.61. The number of fused-ring (bicyclic) bond motifs is 1. The number of ether oxygens (including phenoxy) is 1. The Balaban J connectivity index is 1.55. The van der Waals surface area contributed by atoms with Crippen LogP contribution in [-0.4, -0.2) is 39.8 Å². The minimum atomic E-state index is -0.757. The van der Waals surface area contributed by atoms with Gasteiger partial charge >= 0.3 is 5.97 Å². The lowest BCUT2D eigenvalue weighted by atomic mass is 9.81. The fourth-order valence-electron chi connectivity index (χ4n) is 4.09. The first-order valence-electron chi connectivity index (χ1n) is 9.89.